The number of aliphatic carboxylic acids is 1. The average Bonchev–Trinajstić information content (AvgIpc) is 2.10. The Morgan fingerprint density at radius 1 is 1.60 bits per heavy atom. The number of halogens is 1. The van der Waals surface area contributed by atoms with Gasteiger partial charge in [0.2, 0.25) is 0 Å². The number of benzene rings is 1. The maximum absolute atomic E-state index is 10.5. The van der Waals surface area contributed by atoms with Gasteiger partial charge in [0.15, 0.2) is 0 Å². The van der Waals surface area contributed by atoms with Gasteiger partial charge >= 0.3 is 5.97 Å². The van der Waals surface area contributed by atoms with E-state index in [1.54, 1.807) is 6.92 Å². The van der Waals surface area contributed by atoms with Crippen LogP contribution in [0.4, 0.5) is 0 Å². The van der Waals surface area contributed by atoms with Gasteiger partial charge in [-0.1, -0.05) is 22.0 Å². The molecule has 1 atom stereocenters. The first kappa shape index (κ1) is 12.0. The van der Waals surface area contributed by atoms with Crippen LogP contribution in [0.25, 0.3) is 0 Å². The minimum atomic E-state index is -0.852. The van der Waals surface area contributed by atoms with Gasteiger partial charge in [-0.15, -0.1) is 0 Å². The van der Waals surface area contributed by atoms with E-state index in [0.29, 0.717) is 0 Å². The number of carboxylic acid groups (broad SMARTS) is 1. The van der Waals surface area contributed by atoms with Crippen LogP contribution in [0.2, 0.25) is 0 Å². The molecule has 0 saturated carbocycles. The van der Waals surface area contributed by atoms with Crippen LogP contribution in [0.3, 0.4) is 0 Å². The van der Waals surface area contributed by atoms with E-state index in [2.05, 4.69) is 15.9 Å². The molecule has 1 aromatic carbocycles. The summed E-state index contributed by atoms with van der Waals surface area (Å²) in [5.74, 6) is -0.131. The van der Waals surface area contributed by atoms with Gasteiger partial charge in [-0.2, -0.15) is 0 Å². The Labute approximate surface area is 97.2 Å². The maximum Gasteiger partial charge on any atom is 0.307 e. The number of ether oxygens (including phenoxy) is 1. The molecule has 15 heavy (non-hydrogen) atoms. The smallest absolute Gasteiger partial charge is 0.307 e. The number of carboxylic acids is 1. The van der Waals surface area contributed by atoms with E-state index in [4.69, 9.17) is 9.84 Å². The van der Waals surface area contributed by atoms with Crippen LogP contribution in [-0.2, 0) is 4.79 Å². The molecule has 1 aromatic rings. The summed E-state index contributed by atoms with van der Waals surface area (Å²) in [5, 5.41) is 8.60. The van der Waals surface area contributed by atoms with Gasteiger partial charge in [0.1, 0.15) is 11.9 Å². The molecule has 0 spiro atoms. The molecule has 3 nitrogen and oxygen atoms in total. The van der Waals surface area contributed by atoms with Crippen molar-refractivity contribution in [2.75, 3.05) is 0 Å². The van der Waals surface area contributed by atoms with Crippen molar-refractivity contribution in [3.05, 3.63) is 28.2 Å². The molecule has 0 fully saturated rings. The van der Waals surface area contributed by atoms with Gasteiger partial charge in [-0.25, -0.2) is 0 Å². The second-order valence-electron chi connectivity index (χ2n) is 3.44. The predicted molar refractivity (Wildman–Crippen MR) is 61.2 cm³/mol. The van der Waals surface area contributed by atoms with Crippen molar-refractivity contribution in [2.45, 2.75) is 26.4 Å². The highest BCUT2D eigenvalue weighted by Gasteiger charge is 2.10. The molecule has 0 aromatic heterocycles. The standard InChI is InChI=1S/C11H13BrO3/c1-7-3-4-9(12)6-10(7)15-8(2)5-11(13)14/h3-4,6,8H,5H2,1-2H3,(H,13,14)/t8-/m1/s1. The summed E-state index contributed by atoms with van der Waals surface area (Å²) in [6.07, 6.45) is -0.318. The van der Waals surface area contributed by atoms with Gasteiger partial charge in [-0.3, -0.25) is 4.79 Å². The first-order valence-corrected chi connectivity index (χ1v) is 5.43. The molecule has 0 amide bonds. The Morgan fingerprint density at radius 2 is 2.27 bits per heavy atom. The topological polar surface area (TPSA) is 46.5 Å². The number of aryl methyl sites for hydroxylation is 1. The number of carbonyl (C=O) groups is 1. The highest BCUT2D eigenvalue weighted by Crippen LogP contribution is 2.24. The quantitative estimate of drug-likeness (QED) is 0.917. The molecule has 0 aliphatic carbocycles. The highest BCUT2D eigenvalue weighted by molar-refractivity contribution is 9.10. The van der Waals surface area contributed by atoms with E-state index in [0.717, 1.165) is 15.8 Å². The molecule has 82 valence electrons. The Bertz CT molecular complexity index is 363. The summed E-state index contributed by atoms with van der Waals surface area (Å²) < 4.78 is 6.45. The van der Waals surface area contributed by atoms with Gasteiger partial charge in [0.05, 0.1) is 6.42 Å². The van der Waals surface area contributed by atoms with Crippen molar-refractivity contribution in [3.63, 3.8) is 0 Å². The lowest BCUT2D eigenvalue weighted by atomic mass is 10.2. The molecule has 0 saturated heterocycles. The number of hydrogen-bond acceptors (Lipinski definition) is 2. The summed E-state index contributed by atoms with van der Waals surface area (Å²) in [4.78, 5) is 10.5. The zero-order valence-electron chi connectivity index (χ0n) is 8.66. The molecule has 0 radical (unpaired) electrons. The summed E-state index contributed by atoms with van der Waals surface area (Å²) in [6.45, 7) is 3.67. The fourth-order valence-corrected chi connectivity index (χ4v) is 1.55. The molecule has 4 heteroatoms. The third-order valence-electron chi connectivity index (χ3n) is 1.94. The molecule has 1 rings (SSSR count). The third kappa shape index (κ3) is 3.91. The molecule has 0 aliphatic rings. The maximum atomic E-state index is 10.5. The van der Waals surface area contributed by atoms with E-state index in [1.807, 2.05) is 25.1 Å². The van der Waals surface area contributed by atoms with Crippen LogP contribution < -0.4 is 4.74 Å². The lowest BCUT2D eigenvalue weighted by Gasteiger charge is -2.14. The first-order valence-electron chi connectivity index (χ1n) is 4.63. The molecule has 0 aliphatic heterocycles. The summed E-state index contributed by atoms with van der Waals surface area (Å²) in [6, 6.07) is 5.69. The Balaban J connectivity index is 2.71. The monoisotopic (exact) mass is 272 g/mol. The van der Waals surface area contributed by atoms with Crippen LogP contribution in [0.1, 0.15) is 18.9 Å². The largest absolute Gasteiger partial charge is 0.490 e. The highest BCUT2D eigenvalue weighted by atomic mass is 79.9. The molecule has 0 unspecified atom stereocenters. The fourth-order valence-electron chi connectivity index (χ4n) is 1.21. The average molecular weight is 273 g/mol. The SMILES string of the molecule is Cc1ccc(Br)cc1O[C@H](C)CC(=O)O. The van der Waals surface area contributed by atoms with Crippen molar-refractivity contribution in [3.8, 4) is 5.75 Å². The van der Waals surface area contributed by atoms with Gasteiger partial charge in [0, 0.05) is 4.47 Å². The van der Waals surface area contributed by atoms with Crippen molar-refractivity contribution in [1.29, 1.82) is 0 Å². The predicted octanol–water partition coefficient (Wildman–Crippen LogP) is 3.00. The van der Waals surface area contributed by atoms with Gasteiger partial charge in [-0.05, 0) is 31.5 Å². The summed E-state index contributed by atoms with van der Waals surface area (Å²) >= 11 is 3.34. The first-order chi connectivity index (χ1) is 6.99. The molecule has 0 heterocycles. The van der Waals surface area contributed by atoms with Crippen LogP contribution in [0, 0.1) is 6.92 Å². The zero-order chi connectivity index (χ0) is 11.4. The molecule has 0 bridgehead atoms. The van der Waals surface area contributed by atoms with Crippen molar-refractivity contribution >= 4 is 21.9 Å². The van der Waals surface area contributed by atoms with E-state index < -0.39 is 5.97 Å². The van der Waals surface area contributed by atoms with Crippen molar-refractivity contribution < 1.29 is 14.6 Å². The fraction of sp³-hybridized carbons (Fsp3) is 0.364. The van der Waals surface area contributed by atoms with Crippen LogP contribution in [0.5, 0.6) is 5.75 Å². The van der Waals surface area contributed by atoms with Crippen molar-refractivity contribution in [2.24, 2.45) is 0 Å². The van der Waals surface area contributed by atoms with Gasteiger partial charge < -0.3 is 9.84 Å². The van der Waals surface area contributed by atoms with Crippen molar-refractivity contribution in [1.82, 2.24) is 0 Å². The normalized spacial score (nSPS) is 12.2. The Morgan fingerprint density at radius 3 is 2.87 bits per heavy atom. The van der Waals surface area contributed by atoms with Crippen LogP contribution in [-0.4, -0.2) is 17.2 Å². The second-order valence-corrected chi connectivity index (χ2v) is 4.35. The minimum Gasteiger partial charge on any atom is -0.490 e. The van der Waals surface area contributed by atoms with E-state index in [9.17, 15) is 4.79 Å². The minimum absolute atomic E-state index is 0.00591. The van der Waals surface area contributed by atoms with Crippen LogP contribution in [0.15, 0.2) is 22.7 Å². The zero-order valence-corrected chi connectivity index (χ0v) is 10.2. The lowest BCUT2D eigenvalue weighted by molar-refractivity contribution is -0.138. The Kier molecular flexibility index (Phi) is 4.15. The number of rotatable bonds is 4. The number of hydrogen-bond donors (Lipinski definition) is 1. The molecule has 1 N–H and O–H groups in total. The van der Waals surface area contributed by atoms with Gasteiger partial charge in [0.25, 0.3) is 0 Å². The van der Waals surface area contributed by atoms with E-state index >= 15 is 0 Å². The lowest BCUT2D eigenvalue weighted by Crippen LogP contribution is -2.17. The summed E-state index contributed by atoms with van der Waals surface area (Å²) in [5.41, 5.74) is 0.996. The third-order valence-corrected chi connectivity index (χ3v) is 2.43. The second kappa shape index (κ2) is 5.16. The van der Waals surface area contributed by atoms with E-state index in [-0.39, 0.29) is 12.5 Å². The molecular formula is C11H13BrO3. The molecular weight excluding hydrogens is 260 g/mol. The summed E-state index contributed by atoms with van der Waals surface area (Å²) in [7, 11) is 0. The van der Waals surface area contributed by atoms with E-state index in [1.165, 1.54) is 0 Å². The Hall–Kier alpha value is -1.03. The van der Waals surface area contributed by atoms with Crippen LogP contribution >= 0.6 is 15.9 Å².